The Balaban J connectivity index is 2.12. The highest BCUT2D eigenvalue weighted by Gasteiger charge is 2.20. The Morgan fingerprint density at radius 1 is 1.30 bits per heavy atom. The summed E-state index contributed by atoms with van der Waals surface area (Å²) in [5, 5.41) is 3.31. The van der Waals surface area contributed by atoms with E-state index in [0.29, 0.717) is 5.82 Å². The lowest BCUT2D eigenvalue weighted by Gasteiger charge is -2.19. The molecule has 0 saturated heterocycles. The highest BCUT2D eigenvalue weighted by Crippen LogP contribution is 2.24. The van der Waals surface area contributed by atoms with E-state index in [1.54, 1.807) is 6.26 Å². The highest BCUT2D eigenvalue weighted by molar-refractivity contribution is 5.55. The van der Waals surface area contributed by atoms with Crippen LogP contribution in [0.4, 0.5) is 11.6 Å². The van der Waals surface area contributed by atoms with Crippen LogP contribution in [0.3, 0.4) is 0 Å². The molecule has 0 spiro atoms. The molecular weight excluding hydrogens is 252 g/mol. The molecule has 0 aliphatic carbocycles. The van der Waals surface area contributed by atoms with Crippen LogP contribution in [-0.2, 0) is 11.8 Å². The van der Waals surface area contributed by atoms with Crippen LogP contribution in [0.25, 0.3) is 0 Å². The van der Waals surface area contributed by atoms with Gasteiger partial charge >= 0.3 is 0 Å². The molecule has 20 heavy (non-hydrogen) atoms. The first-order valence-electron chi connectivity index (χ1n) is 6.79. The van der Waals surface area contributed by atoms with Gasteiger partial charge in [-0.15, -0.1) is 0 Å². The highest BCUT2D eigenvalue weighted by atomic mass is 16.3. The number of nitrogens with two attached hydrogens (primary N) is 1. The second-order valence-electron chi connectivity index (χ2n) is 5.91. The third-order valence-corrected chi connectivity index (χ3v) is 3.10. The summed E-state index contributed by atoms with van der Waals surface area (Å²) in [6.45, 7) is 8.89. The number of rotatable bonds is 4. The van der Waals surface area contributed by atoms with E-state index in [2.05, 4.69) is 36.1 Å². The summed E-state index contributed by atoms with van der Waals surface area (Å²) >= 11 is 0. The second-order valence-corrected chi connectivity index (χ2v) is 5.91. The van der Waals surface area contributed by atoms with Crippen LogP contribution in [0.5, 0.6) is 0 Å². The van der Waals surface area contributed by atoms with E-state index < -0.39 is 0 Å². The predicted molar refractivity (Wildman–Crippen MR) is 80.8 cm³/mol. The fourth-order valence-corrected chi connectivity index (χ4v) is 1.80. The van der Waals surface area contributed by atoms with Gasteiger partial charge in [-0.2, -0.15) is 0 Å². The maximum atomic E-state index is 5.97. The fraction of sp³-hybridized carbons (Fsp3) is 0.467. The molecule has 0 unspecified atom stereocenters. The molecule has 0 fully saturated rings. The predicted octanol–water partition coefficient (Wildman–Crippen LogP) is 2.91. The molecule has 0 amide bonds. The van der Waals surface area contributed by atoms with Crippen molar-refractivity contribution in [3.63, 3.8) is 0 Å². The normalized spacial score (nSPS) is 11.6. The van der Waals surface area contributed by atoms with Crippen LogP contribution in [0.15, 0.2) is 22.8 Å². The Morgan fingerprint density at radius 3 is 2.65 bits per heavy atom. The van der Waals surface area contributed by atoms with Crippen molar-refractivity contribution in [2.24, 2.45) is 0 Å². The molecular formula is C15H22N4O. The zero-order chi connectivity index (χ0) is 14.8. The Hall–Kier alpha value is -2.04. The van der Waals surface area contributed by atoms with Crippen molar-refractivity contribution in [2.45, 2.75) is 39.5 Å². The van der Waals surface area contributed by atoms with Gasteiger partial charge in [0.2, 0.25) is 0 Å². The molecule has 0 radical (unpaired) electrons. The second kappa shape index (κ2) is 5.53. The summed E-state index contributed by atoms with van der Waals surface area (Å²) in [5.41, 5.74) is 6.74. The zero-order valence-corrected chi connectivity index (χ0v) is 12.5. The number of furan rings is 1. The van der Waals surface area contributed by atoms with E-state index in [4.69, 9.17) is 10.2 Å². The molecule has 2 rings (SSSR count). The maximum absolute atomic E-state index is 5.97. The van der Waals surface area contributed by atoms with Crippen LogP contribution >= 0.6 is 0 Å². The molecule has 3 N–H and O–H groups in total. The Bertz CT molecular complexity index is 570. The number of nitrogen functional groups attached to an aromatic ring is 1. The van der Waals surface area contributed by atoms with Crippen LogP contribution in [0.1, 0.15) is 37.9 Å². The van der Waals surface area contributed by atoms with E-state index in [-0.39, 0.29) is 5.41 Å². The van der Waals surface area contributed by atoms with E-state index >= 15 is 0 Å². The van der Waals surface area contributed by atoms with Gasteiger partial charge in [-0.05, 0) is 19.1 Å². The maximum Gasteiger partial charge on any atom is 0.138 e. The lowest BCUT2D eigenvalue weighted by Crippen LogP contribution is -2.20. The largest absolute Gasteiger partial charge is 0.469 e. The van der Waals surface area contributed by atoms with Gasteiger partial charge in [0.1, 0.15) is 23.2 Å². The molecule has 0 bridgehead atoms. The van der Waals surface area contributed by atoms with E-state index in [1.165, 1.54) is 0 Å². The molecule has 0 saturated carbocycles. The zero-order valence-electron chi connectivity index (χ0n) is 12.5. The Kier molecular flexibility index (Phi) is 3.97. The van der Waals surface area contributed by atoms with Gasteiger partial charge < -0.3 is 15.5 Å². The molecule has 2 aromatic rings. The van der Waals surface area contributed by atoms with Gasteiger partial charge in [0.15, 0.2) is 0 Å². The minimum atomic E-state index is -0.126. The summed E-state index contributed by atoms with van der Waals surface area (Å²) in [5.74, 6) is 3.04. The summed E-state index contributed by atoms with van der Waals surface area (Å²) in [6.07, 6.45) is 2.49. The van der Waals surface area contributed by atoms with Gasteiger partial charge in [0.05, 0.1) is 6.26 Å². The molecule has 0 aliphatic rings. The summed E-state index contributed by atoms with van der Waals surface area (Å²) in [7, 11) is 0. The first kappa shape index (κ1) is 14.4. The standard InChI is InChI=1S/C15H22N4O/c1-10-12(16)18-14(15(2,3)4)19-13(10)17-8-7-11-6-5-9-20-11/h5-6,9H,7-8H2,1-4H3,(H3,16,17,18,19). The van der Waals surface area contributed by atoms with Gasteiger partial charge in [-0.25, -0.2) is 9.97 Å². The quantitative estimate of drug-likeness (QED) is 0.896. The summed E-state index contributed by atoms with van der Waals surface area (Å²) in [4.78, 5) is 8.96. The van der Waals surface area contributed by atoms with Crippen molar-refractivity contribution in [2.75, 3.05) is 17.6 Å². The minimum absolute atomic E-state index is 0.126. The van der Waals surface area contributed by atoms with Gasteiger partial charge in [0.25, 0.3) is 0 Å². The minimum Gasteiger partial charge on any atom is -0.469 e. The lowest BCUT2D eigenvalue weighted by atomic mass is 9.95. The number of anilines is 2. The summed E-state index contributed by atoms with van der Waals surface area (Å²) in [6, 6.07) is 3.85. The van der Waals surface area contributed by atoms with Gasteiger partial charge in [0, 0.05) is 23.9 Å². The Morgan fingerprint density at radius 2 is 2.05 bits per heavy atom. The third kappa shape index (κ3) is 3.29. The number of hydrogen-bond donors (Lipinski definition) is 2. The van der Waals surface area contributed by atoms with Crippen molar-refractivity contribution >= 4 is 11.6 Å². The van der Waals surface area contributed by atoms with Crippen molar-refractivity contribution in [3.05, 3.63) is 35.5 Å². The van der Waals surface area contributed by atoms with Crippen molar-refractivity contribution < 1.29 is 4.42 Å². The molecule has 0 aromatic carbocycles. The van der Waals surface area contributed by atoms with E-state index in [1.807, 2.05) is 19.1 Å². The third-order valence-electron chi connectivity index (χ3n) is 3.10. The number of hydrogen-bond acceptors (Lipinski definition) is 5. The van der Waals surface area contributed by atoms with Crippen molar-refractivity contribution in [1.29, 1.82) is 0 Å². The molecule has 0 aliphatic heterocycles. The average molecular weight is 274 g/mol. The monoisotopic (exact) mass is 274 g/mol. The van der Waals surface area contributed by atoms with Gasteiger partial charge in [-0.1, -0.05) is 20.8 Å². The molecule has 0 atom stereocenters. The molecule has 5 nitrogen and oxygen atoms in total. The first-order chi connectivity index (χ1) is 9.38. The van der Waals surface area contributed by atoms with E-state index in [9.17, 15) is 0 Å². The lowest BCUT2D eigenvalue weighted by molar-refractivity contribution is 0.512. The SMILES string of the molecule is Cc1c(N)nc(C(C)(C)C)nc1NCCc1ccco1. The molecule has 2 aromatic heterocycles. The topological polar surface area (TPSA) is 77.0 Å². The number of nitrogens with zero attached hydrogens (tertiary/aromatic N) is 2. The van der Waals surface area contributed by atoms with Crippen molar-refractivity contribution in [3.8, 4) is 0 Å². The van der Waals surface area contributed by atoms with E-state index in [0.717, 1.165) is 35.9 Å². The van der Waals surface area contributed by atoms with Crippen molar-refractivity contribution in [1.82, 2.24) is 9.97 Å². The molecule has 5 heteroatoms. The van der Waals surface area contributed by atoms with Crippen LogP contribution in [-0.4, -0.2) is 16.5 Å². The number of nitrogens with one attached hydrogen (secondary N) is 1. The first-order valence-corrected chi connectivity index (χ1v) is 6.79. The molecule has 2 heterocycles. The average Bonchev–Trinajstić information content (AvgIpc) is 2.86. The Labute approximate surface area is 119 Å². The number of aromatic nitrogens is 2. The smallest absolute Gasteiger partial charge is 0.138 e. The fourth-order valence-electron chi connectivity index (χ4n) is 1.80. The van der Waals surface area contributed by atoms with Crippen LogP contribution < -0.4 is 11.1 Å². The van der Waals surface area contributed by atoms with Crippen LogP contribution in [0, 0.1) is 6.92 Å². The van der Waals surface area contributed by atoms with Crippen LogP contribution in [0.2, 0.25) is 0 Å². The molecule has 108 valence electrons. The summed E-state index contributed by atoms with van der Waals surface area (Å²) < 4.78 is 5.31. The van der Waals surface area contributed by atoms with Gasteiger partial charge in [-0.3, -0.25) is 0 Å².